The van der Waals surface area contributed by atoms with Gasteiger partial charge in [-0.05, 0) is 61.2 Å². The molecule has 1 spiro atoms. The predicted octanol–water partition coefficient (Wildman–Crippen LogP) is 3.10. The molecule has 4 aliphatic rings. The lowest BCUT2D eigenvalue weighted by Gasteiger charge is -2.63. The zero-order valence-electron chi connectivity index (χ0n) is 14.3. The first-order valence-corrected chi connectivity index (χ1v) is 9.33. The molecule has 0 unspecified atom stereocenters. The second-order valence-electron chi connectivity index (χ2n) is 9.34. The number of aliphatic hydroxyl groups is 2. The molecule has 0 aromatic rings. The Morgan fingerprint density at radius 1 is 1.17 bits per heavy atom. The predicted molar refractivity (Wildman–Crippen MR) is 88.7 cm³/mol. The number of carbonyl (C=O) groups excluding carboxylic acids is 1. The molecule has 4 fully saturated rings. The summed E-state index contributed by atoms with van der Waals surface area (Å²) in [6.07, 6.45) is 8.09. The van der Waals surface area contributed by atoms with E-state index in [2.05, 4.69) is 13.5 Å². The Morgan fingerprint density at radius 3 is 2.61 bits per heavy atom. The van der Waals surface area contributed by atoms with Crippen molar-refractivity contribution in [1.29, 1.82) is 0 Å². The fourth-order valence-electron chi connectivity index (χ4n) is 7.57. The summed E-state index contributed by atoms with van der Waals surface area (Å²) in [6, 6.07) is 0. The quantitative estimate of drug-likeness (QED) is 0.769. The maximum atomic E-state index is 13.3. The van der Waals surface area contributed by atoms with Gasteiger partial charge in [0, 0.05) is 17.8 Å². The van der Waals surface area contributed by atoms with Gasteiger partial charge in [-0.3, -0.25) is 4.79 Å². The van der Waals surface area contributed by atoms with Gasteiger partial charge in [0.05, 0.1) is 13.2 Å². The van der Waals surface area contributed by atoms with Crippen LogP contribution in [0.5, 0.6) is 0 Å². The summed E-state index contributed by atoms with van der Waals surface area (Å²) >= 11 is 0. The Balaban J connectivity index is 1.80. The third-order valence-electron chi connectivity index (χ3n) is 8.29. The summed E-state index contributed by atoms with van der Waals surface area (Å²) in [5, 5.41) is 20.1. The molecule has 4 saturated carbocycles. The number of fused-ring (bicyclic) bond motifs is 3. The van der Waals surface area contributed by atoms with Crippen molar-refractivity contribution < 1.29 is 15.0 Å². The third kappa shape index (κ3) is 1.87. The number of hydrogen-bond donors (Lipinski definition) is 2. The summed E-state index contributed by atoms with van der Waals surface area (Å²) in [7, 11) is 0. The largest absolute Gasteiger partial charge is 0.396 e. The van der Waals surface area contributed by atoms with E-state index in [0.29, 0.717) is 24.0 Å². The highest BCUT2D eigenvalue weighted by Crippen LogP contribution is 2.71. The number of Topliss-reactive ketones (excluding diaryl/α,β-unsaturated/α-hetero) is 1. The standard InChI is InChI=1S/C20H30O3/c1-13-8-20-9-14(13)4-5-16(20)18(2)6-3-7-19(11-21,12-22)17(18)15(23)10-20/h14,16-17,21-22H,1,3-12H2,2H3/t14-,16+,17+,18-,20-/m0/s1. The first kappa shape index (κ1) is 15.8. The molecule has 0 amide bonds. The van der Waals surface area contributed by atoms with Gasteiger partial charge in [0.15, 0.2) is 0 Å². The first-order chi connectivity index (χ1) is 10.9. The Kier molecular flexibility index (Phi) is 3.39. The van der Waals surface area contributed by atoms with Crippen molar-refractivity contribution in [3.8, 4) is 0 Å². The highest BCUT2D eigenvalue weighted by molar-refractivity contribution is 5.85. The molecule has 5 atom stereocenters. The minimum Gasteiger partial charge on any atom is -0.396 e. The van der Waals surface area contributed by atoms with Crippen molar-refractivity contribution in [3.05, 3.63) is 12.2 Å². The second-order valence-corrected chi connectivity index (χ2v) is 9.34. The molecule has 0 heterocycles. The van der Waals surface area contributed by atoms with Gasteiger partial charge in [0.1, 0.15) is 5.78 Å². The fraction of sp³-hybridized carbons (Fsp3) is 0.850. The zero-order chi connectivity index (χ0) is 16.5. The number of ketones is 1. The van der Waals surface area contributed by atoms with Gasteiger partial charge in [-0.15, -0.1) is 0 Å². The Labute approximate surface area is 139 Å². The van der Waals surface area contributed by atoms with Crippen LogP contribution in [0, 0.1) is 34.0 Å². The summed E-state index contributed by atoms with van der Waals surface area (Å²) in [4.78, 5) is 13.3. The summed E-state index contributed by atoms with van der Waals surface area (Å²) in [5.74, 6) is 1.32. The summed E-state index contributed by atoms with van der Waals surface area (Å²) in [6.45, 7) is 6.47. The number of carbonyl (C=O) groups is 1. The van der Waals surface area contributed by atoms with Crippen LogP contribution in [0.15, 0.2) is 12.2 Å². The molecule has 0 aromatic heterocycles. The van der Waals surface area contributed by atoms with E-state index in [0.717, 1.165) is 32.1 Å². The highest BCUT2D eigenvalue weighted by Gasteiger charge is 2.67. The van der Waals surface area contributed by atoms with Crippen molar-refractivity contribution >= 4 is 5.78 Å². The van der Waals surface area contributed by atoms with Gasteiger partial charge in [-0.2, -0.15) is 0 Å². The van der Waals surface area contributed by atoms with Crippen molar-refractivity contribution in [1.82, 2.24) is 0 Å². The minimum atomic E-state index is -0.599. The van der Waals surface area contributed by atoms with Crippen LogP contribution in [0.4, 0.5) is 0 Å². The SMILES string of the molecule is C=C1C[C@]23CC(=O)[C@H]4C(CO)(CO)CCC[C@@]4(C)[C@H]2CC[C@H]1C3. The van der Waals surface area contributed by atoms with E-state index in [1.807, 2.05) is 0 Å². The topological polar surface area (TPSA) is 57.5 Å². The fourth-order valence-corrected chi connectivity index (χ4v) is 7.57. The van der Waals surface area contributed by atoms with E-state index in [1.54, 1.807) is 0 Å². The minimum absolute atomic E-state index is 0.0609. The lowest BCUT2D eigenvalue weighted by molar-refractivity contribution is -0.184. The van der Waals surface area contributed by atoms with E-state index >= 15 is 0 Å². The van der Waals surface area contributed by atoms with Gasteiger partial charge >= 0.3 is 0 Å². The Hall–Kier alpha value is -0.670. The molecule has 23 heavy (non-hydrogen) atoms. The normalized spacial score (nSPS) is 48.0. The molecule has 0 saturated heterocycles. The van der Waals surface area contributed by atoms with Crippen molar-refractivity contribution in [2.45, 2.75) is 58.3 Å². The van der Waals surface area contributed by atoms with E-state index in [-0.39, 0.29) is 30.0 Å². The molecule has 4 aliphatic carbocycles. The van der Waals surface area contributed by atoms with Crippen molar-refractivity contribution in [3.63, 3.8) is 0 Å². The molecular weight excluding hydrogens is 288 g/mol. The maximum Gasteiger partial charge on any atom is 0.137 e. The molecule has 0 radical (unpaired) electrons. The molecule has 128 valence electrons. The van der Waals surface area contributed by atoms with Crippen LogP contribution in [0.3, 0.4) is 0 Å². The van der Waals surface area contributed by atoms with Crippen LogP contribution in [-0.2, 0) is 4.79 Å². The molecule has 2 bridgehead atoms. The van der Waals surface area contributed by atoms with Crippen LogP contribution >= 0.6 is 0 Å². The lowest BCUT2D eigenvalue weighted by atomic mass is 9.40. The number of aliphatic hydroxyl groups excluding tert-OH is 2. The molecule has 0 aliphatic heterocycles. The molecule has 3 nitrogen and oxygen atoms in total. The molecule has 3 heteroatoms. The highest BCUT2D eigenvalue weighted by atomic mass is 16.3. The lowest BCUT2D eigenvalue weighted by Crippen LogP contribution is -2.62. The van der Waals surface area contributed by atoms with Crippen LogP contribution in [0.1, 0.15) is 58.3 Å². The summed E-state index contributed by atoms with van der Waals surface area (Å²) < 4.78 is 0. The average Bonchev–Trinajstić information content (AvgIpc) is 2.75. The van der Waals surface area contributed by atoms with Crippen LogP contribution in [0.2, 0.25) is 0 Å². The molecule has 2 N–H and O–H groups in total. The van der Waals surface area contributed by atoms with Gasteiger partial charge in [0.25, 0.3) is 0 Å². The van der Waals surface area contributed by atoms with E-state index in [1.165, 1.54) is 18.4 Å². The third-order valence-corrected chi connectivity index (χ3v) is 8.29. The van der Waals surface area contributed by atoms with E-state index in [9.17, 15) is 15.0 Å². The Bertz CT molecular complexity index is 549. The van der Waals surface area contributed by atoms with Crippen LogP contribution in [0.25, 0.3) is 0 Å². The smallest absolute Gasteiger partial charge is 0.137 e. The van der Waals surface area contributed by atoms with Gasteiger partial charge in [-0.25, -0.2) is 0 Å². The van der Waals surface area contributed by atoms with Crippen LogP contribution in [-0.4, -0.2) is 29.2 Å². The molecule has 0 aromatic carbocycles. The van der Waals surface area contributed by atoms with Gasteiger partial charge < -0.3 is 10.2 Å². The monoisotopic (exact) mass is 318 g/mol. The van der Waals surface area contributed by atoms with Crippen molar-refractivity contribution in [2.24, 2.45) is 34.0 Å². The number of hydrogen-bond acceptors (Lipinski definition) is 3. The van der Waals surface area contributed by atoms with Gasteiger partial charge in [-0.1, -0.05) is 25.5 Å². The van der Waals surface area contributed by atoms with Gasteiger partial charge in [0.2, 0.25) is 0 Å². The summed E-state index contributed by atoms with van der Waals surface area (Å²) in [5.41, 5.74) is 0.845. The van der Waals surface area contributed by atoms with Crippen LogP contribution < -0.4 is 0 Å². The number of rotatable bonds is 2. The number of allylic oxidation sites excluding steroid dienone is 1. The second kappa shape index (κ2) is 4.92. The molecular formula is C20H30O3. The van der Waals surface area contributed by atoms with Crippen molar-refractivity contribution in [2.75, 3.05) is 13.2 Å². The van der Waals surface area contributed by atoms with E-state index in [4.69, 9.17) is 0 Å². The maximum absolute atomic E-state index is 13.3. The average molecular weight is 318 g/mol. The van der Waals surface area contributed by atoms with E-state index < -0.39 is 5.41 Å². The molecule has 4 rings (SSSR count). The Morgan fingerprint density at radius 2 is 1.91 bits per heavy atom. The first-order valence-electron chi connectivity index (χ1n) is 9.33. The zero-order valence-corrected chi connectivity index (χ0v) is 14.3.